The molecule has 2 aromatic rings. The summed E-state index contributed by atoms with van der Waals surface area (Å²) in [5.74, 6) is 0.171. The van der Waals surface area contributed by atoms with Crippen LogP contribution in [0.4, 0.5) is 0 Å². The summed E-state index contributed by atoms with van der Waals surface area (Å²) in [6.07, 6.45) is -0.0449. The van der Waals surface area contributed by atoms with Gasteiger partial charge in [0.15, 0.2) is 6.04 Å². The van der Waals surface area contributed by atoms with Gasteiger partial charge < -0.3 is 24.6 Å². The lowest BCUT2D eigenvalue weighted by molar-refractivity contribution is -0.145. The monoisotopic (exact) mass is 387 g/mol. The molecule has 2 aromatic carbocycles. The molecule has 0 unspecified atom stereocenters. The van der Waals surface area contributed by atoms with Crippen LogP contribution in [-0.2, 0) is 20.7 Å². The summed E-state index contributed by atoms with van der Waals surface area (Å²) in [4.78, 5) is 25.0. The minimum absolute atomic E-state index is 0.0449. The number of aryl methyl sites for hydroxylation is 2. The first kappa shape index (κ1) is 21.1. The van der Waals surface area contributed by atoms with Crippen molar-refractivity contribution in [1.82, 2.24) is 5.32 Å². The predicted molar refractivity (Wildman–Crippen MR) is 104 cm³/mol. The van der Waals surface area contributed by atoms with Gasteiger partial charge in [-0.2, -0.15) is 0 Å². The zero-order valence-corrected chi connectivity index (χ0v) is 16.7. The van der Waals surface area contributed by atoms with Crippen molar-refractivity contribution in [2.24, 2.45) is 0 Å². The highest BCUT2D eigenvalue weighted by Gasteiger charge is 2.26. The Hall–Kier alpha value is -3.22. The van der Waals surface area contributed by atoms with E-state index in [0.717, 1.165) is 0 Å². The largest absolute Gasteiger partial charge is 0.507 e. The number of ether oxygens (including phenoxy) is 3. The molecule has 0 spiro atoms. The lowest BCUT2D eigenvalue weighted by Gasteiger charge is -2.19. The van der Waals surface area contributed by atoms with Gasteiger partial charge in [0.1, 0.15) is 17.2 Å². The lowest BCUT2D eigenvalue weighted by Crippen LogP contribution is -2.35. The molecule has 2 rings (SSSR count). The van der Waals surface area contributed by atoms with Gasteiger partial charge in [0.2, 0.25) is 5.91 Å². The number of benzene rings is 2. The molecule has 1 amide bonds. The number of nitrogens with one attached hydrogen (secondary N) is 1. The highest BCUT2D eigenvalue weighted by atomic mass is 16.5. The number of hydrogen-bond donors (Lipinski definition) is 2. The van der Waals surface area contributed by atoms with Crippen molar-refractivity contribution in [2.75, 3.05) is 21.3 Å². The van der Waals surface area contributed by atoms with E-state index in [1.807, 2.05) is 0 Å². The maximum absolute atomic E-state index is 12.7. The molecule has 28 heavy (non-hydrogen) atoms. The van der Waals surface area contributed by atoms with E-state index in [1.165, 1.54) is 21.3 Å². The molecule has 1 atom stereocenters. The third-order valence-electron chi connectivity index (χ3n) is 4.46. The Kier molecular flexibility index (Phi) is 6.87. The van der Waals surface area contributed by atoms with Gasteiger partial charge in [-0.3, -0.25) is 4.79 Å². The van der Waals surface area contributed by atoms with E-state index in [9.17, 15) is 14.7 Å². The summed E-state index contributed by atoms with van der Waals surface area (Å²) in [6, 6.07) is 7.52. The van der Waals surface area contributed by atoms with Crippen LogP contribution >= 0.6 is 0 Å². The number of amides is 1. The van der Waals surface area contributed by atoms with Gasteiger partial charge in [0, 0.05) is 5.56 Å². The Morgan fingerprint density at radius 1 is 1.04 bits per heavy atom. The van der Waals surface area contributed by atoms with Crippen molar-refractivity contribution in [3.63, 3.8) is 0 Å². The molecule has 150 valence electrons. The highest BCUT2D eigenvalue weighted by molar-refractivity contribution is 5.87. The number of aromatic hydroxyl groups is 1. The van der Waals surface area contributed by atoms with Crippen LogP contribution in [0.25, 0.3) is 0 Å². The van der Waals surface area contributed by atoms with Gasteiger partial charge >= 0.3 is 5.97 Å². The Morgan fingerprint density at radius 2 is 1.57 bits per heavy atom. The summed E-state index contributed by atoms with van der Waals surface area (Å²) >= 11 is 0. The van der Waals surface area contributed by atoms with Crippen LogP contribution in [-0.4, -0.2) is 38.3 Å². The molecule has 0 radical (unpaired) electrons. The second-order valence-electron chi connectivity index (χ2n) is 6.34. The number of carbonyl (C=O) groups excluding carboxylic acids is 2. The van der Waals surface area contributed by atoms with Crippen LogP contribution in [0.15, 0.2) is 30.3 Å². The summed E-state index contributed by atoms with van der Waals surface area (Å²) in [7, 11) is 4.27. The van der Waals surface area contributed by atoms with Gasteiger partial charge in [-0.15, -0.1) is 0 Å². The molecule has 0 saturated carbocycles. The molecule has 2 N–H and O–H groups in total. The Balaban J connectivity index is 2.32. The Morgan fingerprint density at radius 3 is 2.04 bits per heavy atom. The molecule has 0 saturated heterocycles. The lowest BCUT2D eigenvalue weighted by atomic mass is 9.99. The fourth-order valence-electron chi connectivity index (χ4n) is 3.03. The number of phenolic OH excluding ortho intramolecular Hbond substituents is 1. The number of hydrogen-bond acceptors (Lipinski definition) is 6. The third-order valence-corrected chi connectivity index (χ3v) is 4.46. The first-order chi connectivity index (χ1) is 13.3. The molecular formula is C21H25NO6. The Bertz CT molecular complexity index is 832. The van der Waals surface area contributed by atoms with Crippen molar-refractivity contribution in [3.05, 3.63) is 52.6 Å². The second-order valence-corrected chi connectivity index (χ2v) is 6.34. The zero-order chi connectivity index (χ0) is 20.8. The average molecular weight is 387 g/mol. The van der Waals surface area contributed by atoms with Crippen LogP contribution < -0.4 is 14.8 Å². The van der Waals surface area contributed by atoms with E-state index in [1.54, 1.807) is 44.2 Å². The van der Waals surface area contributed by atoms with E-state index in [0.29, 0.717) is 33.8 Å². The molecule has 0 fully saturated rings. The van der Waals surface area contributed by atoms with Crippen molar-refractivity contribution in [2.45, 2.75) is 26.3 Å². The highest BCUT2D eigenvalue weighted by Crippen LogP contribution is 2.30. The zero-order valence-electron chi connectivity index (χ0n) is 16.7. The Labute approximate surface area is 164 Å². The van der Waals surface area contributed by atoms with E-state index in [4.69, 9.17) is 14.2 Å². The molecule has 0 aromatic heterocycles. The minimum atomic E-state index is -1.00. The van der Waals surface area contributed by atoms with E-state index in [-0.39, 0.29) is 12.2 Å². The van der Waals surface area contributed by atoms with Gasteiger partial charge in [-0.05, 0) is 54.8 Å². The van der Waals surface area contributed by atoms with Crippen molar-refractivity contribution < 1.29 is 28.9 Å². The van der Waals surface area contributed by atoms with E-state index in [2.05, 4.69) is 5.32 Å². The predicted octanol–water partition coefficient (Wildman–Crippen LogP) is 2.60. The van der Waals surface area contributed by atoms with Crippen LogP contribution in [0.5, 0.6) is 17.2 Å². The van der Waals surface area contributed by atoms with Gasteiger partial charge in [-0.1, -0.05) is 6.07 Å². The number of phenols is 1. The summed E-state index contributed by atoms with van der Waals surface area (Å²) < 4.78 is 15.5. The number of esters is 1. The SMILES string of the molecule is COC(=O)[C@@H](NC(=O)Cc1c(OC)cccc1OC)c1cc(C)c(O)c(C)c1. The quantitative estimate of drug-likeness (QED) is 0.710. The first-order valence-corrected chi connectivity index (χ1v) is 8.69. The molecule has 0 aliphatic carbocycles. The fraction of sp³-hybridized carbons (Fsp3) is 0.333. The number of methoxy groups -OCH3 is 3. The van der Waals surface area contributed by atoms with Crippen LogP contribution in [0.2, 0.25) is 0 Å². The first-order valence-electron chi connectivity index (χ1n) is 8.69. The smallest absolute Gasteiger partial charge is 0.333 e. The maximum atomic E-state index is 12.7. The molecule has 0 heterocycles. The molecule has 0 bridgehead atoms. The molecule has 0 aliphatic heterocycles. The van der Waals surface area contributed by atoms with Crippen molar-refractivity contribution in [3.8, 4) is 17.2 Å². The minimum Gasteiger partial charge on any atom is -0.507 e. The fourth-order valence-corrected chi connectivity index (χ4v) is 3.03. The second kappa shape index (κ2) is 9.12. The normalized spacial score (nSPS) is 11.5. The summed E-state index contributed by atoms with van der Waals surface area (Å²) in [5.41, 5.74) is 2.31. The number of rotatable bonds is 7. The summed E-state index contributed by atoms with van der Waals surface area (Å²) in [6.45, 7) is 3.45. The molecule has 0 aliphatic rings. The maximum Gasteiger partial charge on any atom is 0.333 e. The van der Waals surface area contributed by atoms with Gasteiger partial charge in [-0.25, -0.2) is 4.79 Å². The van der Waals surface area contributed by atoms with E-state index < -0.39 is 17.9 Å². The topological polar surface area (TPSA) is 94.1 Å². The average Bonchev–Trinajstić information content (AvgIpc) is 2.69. The van der Waals surface area contributed by atoms with E-state index >= 15 is 0 Å². The molecule has 7 nitrogen and oxygen atoms in total. The van der Waals surface area contributed by atoms with Crippen LogP contribution in [0.1, 0.15) is 28.3 Å². The van der Waals surface area contributed by atoms with Gasteiger partial charge in [0.05, 0.1) is 27.8 Å². The third kappa shape index (κ3) is 4.54. The van der Waals surface area contributed by atoms with Crippen molar-refractivity contribution >= 4 is 11.9 Å². The number of carbonyl (C=O) groups is 2. The van der Waals surface area contributed by atoms with Crippen LogP contribution in [0, 0.1) is 13.8 Å². The molecule has 7 heteroatoms. The standard InChI is InChI=1S/C21H25NO6/c1-12-9-14(10-13(2)20(12)24)19(21(25)28-5)22-18(23)11-15-16(26-3)7-6-8-17(15)27-4/h6-10,19,24H,11H2,1-5H3,(H,22,23)/t19-/m0/s1. The molecular weight excluding hydrogens is 362 g/mol. The van der Waals surface area contributed by atoms with Crippen LogP contribution in [0.3, 0.4) is 0 Å². The van der Waals surface area contributed by atoms with Crippen molar-refractivity contribution in [1.29, 1.82) is 0 Å². The summed E-state index contributed by atoms with van der Waals surface area (Å²) in [5, 5.41) is 12.7. The van der Waals surface area contributed by atoms with Gasteiger partial charge in [0.25, 0.3) is 0 Å².